The third-order valence-electron chi connectivity index (χ3n) is 4.70. The van der Waals surface area contributed by atoms with Crippen LogP contribution in [0, 0.1) is 18.7 Å². The summed E-state index contributed by atoms with van der Waals surface area (Å²) in [6.07, 6.45) is 4.06. The lowest BCUT2D eigenvalue weighted by molar-refractivity contribution is 0.0484. The normalized spacial score (nSPS) is 21.4. The second kappa shape index (κ2) is 7.40. The first-order chi connectivity index (χ1) is 11.5. The van der Waals surface area contributed by atoms with E-state index in [2.05, 4.69) is 15.0 Å². The van der Waals surface area contributed by atoms with Crippen LogP contribution >= 0.6 is 0 Å². The maximum absolute atomic E-state index is 13.4. The van der Waals surface area contributed by atoms with Crippen molar-refractivity contribution >= 4 is 0 Å². The highest BCUT2D eigenvalue weighted by molar-refractivity contribution is 5.55. The van der Waals surface area contributed by atoms with Crippen molar-refractivity contribution in [1.29, 1.82) is 0 Å². The molecule has 2 unspecified atom stereocenters. The lowest BCUT2D eigenvalue weighted by Crippen LogP contribution is -2.34. The van der Waals surface area contributed by atoms with E-state index in [-0.39, 0.29) is 11.9 Å². The number of aliphatic hydroxyl groups is 1. The summed E-state index contributed by atoms with van der Waals surface area (Å²) in [5.41, 5.74) is 1.30. The molecule has 1 aromatic carbocycles. The number of halogens is 1. The first-order valence-corrected chi connectivity index (χ1v) is 8.48. The molecule has 2 atom stereocenters. The van der Waals surface area contributed by atoms with Crippen LogP contribution in [0.1, 0.15) is 37.1 Å². The summed E-state index contributed by atoms with van der Waals surface area (Å²) in [5.74, 6) is 1.07. The van der Waals surface area contributed by atoms with E-state index in [1.165, 1.54) is 12.5 Å². The number of hydrogen-bond acceptors (Lipinski definition) is 5. The van der Waals surface area contributed by atoms with Crippen molar-refractivity contribution in [3.05, 3.63) is 35.5 Å². The number of rotatable bonds is 5. The molecule has 130 valence electrons. The van der Waals surface area contributed by atoms with Crippen LogP contribution in [0.2, 0.25) is 0 Å². The lowest BCUT2D eigenvalue weighted by Gasteiger charge is -2.30. The Morgan fingerprint density at radius 1 is 1.33 bits per heavy atom. The summed E-state index contributed by atoms with van der Waals surface area (Å²) in [6, 6.07) is 4.78. The van der Waals surface area contributed by atoms with Crippen LogP contribution in [0.5, 0.6) is 0 Å². The van der Waals surface area contributed by atoms with Crippen molar-refractivity contribution in [2.45, 2.75) is 45.3 Å². The molecule has 6 heteroatoms. The summed E-state index contributed by atoms with van der Waals surface area (Å²) in [6.45, 7) is 3.06. The molecule has 1 aliphatic carbocycles. The van der Waals surface area contributed by atoms with E-state index in [0.29, 0.717) is 29.7 Å². The van der Waals surface area contributed by atoms with Gasteiger partial charge in [0, 0.05) is 12.1 Å². The van der Waals surface area contributed by atoms with Crippen LogP contribution in [-0.4, -0.2) is 39.8 Å². The average molecular weight is 333 g/mol. The monoisotopic (exact) mass is 333 g/mol. The van der Waals surface area contributed by atoms with E-state index >= 15 is 0 Å². The Morgan fingerprint density at radius 3 is 2.88 bits per heavy atom. The van der Waals surface area contributed by atoms with E-state index in [9.17, 15) is 9.50 Å². The predicted octanol–water partition coefficient (Wildman–Crippen LogP) is 3.17. The Kier molecular flexibility index (Phi) is 5.26. The van der Waals surface area contributed by atoms with Gasteiger partial charge in [-0.1, -0.05) is 18.0 Å². The van der Waals surface area contributed by atoms with Gasteiger partial charge in [-0.15, -0.1) is 0 Å². The molecular weight excluding hydrogens is 309 g/mol. The Hall–Kier alpha value is -1.79. The molecule has 3 rings (SSSR count). The van der Waals surface area contributed by atoms with E-state index in [1.54, 1.807) is 19.1 Å². The predicted molar refractivity (Wildman–Crippen MR) is 88.7 cm³/mol. The topological polar surface area (TPSA) is 62.4 Å². The Bertz CT molecular complexity index is 689. The molecule has 5 nitrogen and oxygen atoms in total. The van der Waals surface area contributed by atoms with E-state index in [1.807, 2.05) is 7.05 Å². The molecule has 1 fully saturated rings. The van der Waals surface area contributed by atoms with Crippen molar-refractivity contribution in [3.63, 3.8) is 0 Å². The van der Waals surface area contributed by atoms with Crippen LogP contribution < -0.4 is 0 Å². The van der Waals surface area contributed by atoms with E-state index in [4.69, 9.17) is 4.52 Å². The first-order valence-electron chi connectivity index (χ1n) is 8.48. The minimum Gasteiger partial charge on any atom is -0.393 e. The van der Waals surface area contributed by atoms with E-state index < -0.39 is 0 Å². The number of aliphatic hydroxyl groups excluding tert-OH is 1. The molecule has 0 amide bonds. The van der Waals surface area contributed by atoms with Gasteiger partial charge in [0.05, 0.1) is 12.6 Å². The average Bonchev–Trinajstić information content (AvgIpc) is 3.00. The quantitative estimate of drug-likeness (QED) is 0.910. The highest BCUT2D eigenvalue weighted by Crippen LogP contribution is 2.25. The van der Waals surface area contributed by atoms with Gasteiger partial charge >= 0.3 is 0 Å². The number of hydrogen-bond donors (Lipinski definition) is 1. The SMILES string of the molecule is Cc1cc(-c2noc(CN(C)CC3CCCCC3O)n2)ccc1F. The van der Waals surface area contributed by atoms with Gasteiger partial charge in [0.25, 0.3) is 0 Å². The lowest BCUT2D eigenvalue weighted by atomic mass is 9.86. The summed E-state index contributed by atoms with van der Waals surface area (Å²) in [5, 5.41) is 14.1. The molecule has 2 aromatic rings. The Balaban J connectivity index is 1.61. The molecule has 1 N–H and O–H groups in total. The molecular formula is C18H24FN3O2. The molecule has 1 aliphatic rings. The molecule has 0 radical (unpaired) electrons. The maximum Gasteiger partial charge on any atom is 0.241 e. The third-order valence-corrected chi connectivity index (χ3v) is 4.70. The van der Waals surface area contributed by atoms with Gasteiger partial charge in [-0.25, -0.2) is 4.39 Å². The Labute approximate surface area is 141 Å². The summed E-state index contributed by atoms with van der Waals surface area (Å²) >= 11 is 0. The highest BCUT2D eigenvalue weighted by Gasteiger charge is 2.24. The fourth-order valence-electron chi connectivity index (χ4n) is 3.32. The van der Waals surface area contributed by atoms with Gasteiger partial charge in [0.1, 0.15) is 5.82 Å². The molecule has 1 aromatic heterocycles. The van der Waals surface area contributed by atoms with Crippen LogP contribution in [-0.2, 0) is 6.54 Å². The molecule has 0 saturated heterocycles. The van der Waals surface area contributed by atoms with Crippen LogP contribution in [0.25, 0.3) is 11.4 Å². The number of nitrogens with zero attached hydrogens (tertiary/aromatic N) is 3. The summed E-state index contributed by atoms with van der Waals surface area (Å²) in [4.78, 5) is 6.50. The van der Waals surface area contributed by atoms with Crippen molar-refractivity contribution in [2.75, 3.05) is 13.6 Å². The smallest absolute Gasteiger partial charge is 0.241 e. The van der Waals surface area contributed by atoms with Crippen molar-refractivity contribution in [1.82, 2.24) is 15.0 Å². The zero-order valence-corrected chi connectivity index (χ0v) is 14.2. The van der Waals surface area contributed by atoms with Crippen LogP contribution in [0.3, 0.4) is 0 Å². The zero-order valence-electron chi connectivity index (χ0n) is 14.2. The van der Waals surface area contributed by atoms with Crippen LogP contribution in [0.4, 0.5) is 4.39 Å². The molecule has 1 saturated carbocycles. The van der Waals surface area contributed by atoms with Gasteiger partial charge in [-0.3, -0.25) is 4.90 Å². The zero-order chi connectivity index (χ0) is 17.1. The fraction of sp³-hybridized carbons (Fsp3) is 0.556. The van der Waals surface area contributed by atoms with Gasteiger partial charge < -0.3 is 9.63 Å². The highest BCUT2D eigenvalue weighted by atomic mass is 19.1. The first kappa shape index (κ1) is 17.0. The minimum atomic E-state index is -0.242. The third kappa shape index (κ3) is 3.99. The maximum atomic E-state index is 13.4. The number of benzene rings is 1. The minimum absolute atomic E-state index is 0.207. The molecule has 0 aliphatic heterocycles. The van der Waals surface area contributed by atoms with Crippen molar-refractivity contribution in [3.8, 4) is 11.4 Å². The van der Waals surface area contributed by atoms with Crippen molar-refractivity contribution in [2.24, 2.45) is 5.92 Å². The number of aryl methyl sites for hydroxylation is 1. The molecule has 1 heterocycles. The van der Waals surface area contributed by atoms with Gasteiger partial charge in [-0.2, -0.15) is 4.98 Å². The Morgan fingerprint density at radius 2 is 2.12 bits per heavy atom. The number of aromatic nitrogens is 2. The van der Waals surface area contributed by atoms with Crippen molar-refractivity contribution < 1.29 is 14.0 Å². The molecule has 0 bridgehead atoms. The molecule has 0 spiro atoms. The second-order valence-electron chi connectivity index (χ2n) is 6.78. The van der Waals surface area contributed by atoms with Gasteiger partial charge in [0.15, 0.2) is 0 Å². The van der Waals surface area contributed by atoms with Gasteiger partial charge in [0.2, 0.25) is 11.7 Å². The largest absolute Gasteiger partial charge is 0.393 e. The summed E-state index contributed by atoms with van der Waals surface area (Å²) in [7, 11) is 1.99. The standard InChI is InChI=1S/C18H24FN3O2/c1-12-9-13(7-8-15(12)19)18-20-17(24-21-18)11-22(2)10-14-5-3-4-6-16(14)23/h7-9,14,16,23H,3-6,10-11H2,1-2H3. The van der Waals surface area contributed by atoms with Crippen LogP contribution in [0.15, 0.2) is 22.7 Å². The second-order valence-corrected chi connectivity index (χ2v) is 6.78. The summed E-state index contributed by atoms with van der Waals surface area (Å²) < 4.78 is 18.7. The fourth-order valence-corrected chi connectivity index (χ4v) is 3.32. The molecule has 24 heavy (non-hydrogen) atoms. The van der Waals surface area contributed by atoms with Gasteiger partial charge in [-0.05, 0) is 56.5 Å². The van der Waals surface area contributed by atoms with E-state index in [0.717, 1.165) is 31.4 Å².